The molecule has 0 atom stereocenters. The summed E-state index contributed by atoms with van der Waals surface area (Å²) in [5, 5.41) is 2.32. The van der Waals surface area contributed by atoms with E-state index < -0.39 is 0 Å². The predicted molar refractivity (Wildman–Crippen MR) is 100 cm³/mol. The van der Waals surface area contributed by atoms with Gasteiger partial charge in [0.05, 0.1) is 11.4 Å². The maximum atomic E-state index is 6.16. The van der Waals surface area contributed by atoms with E-state index in [0.29, 0.717) is 0 Å². The van der Waals surface area contributed by atoms with E-state index in [1.807, 2.05) is 48.5 Å². The molecule has 1 heterocycles. The number of hydrogen-bond acceptors (Lipinski definition) is 3. The number of rotatable bonds is 3. The van der Waals surface area contributed by atoms with E-state index in [2.05, 4.69) is 41.1 Å². The lowest BCUT2D eigenvalue weighted by Gasteiger charge is -2.14. The average Bonchev–Trinajstić information content (AvgIpc) is 3.00. The minimum Gasteiger partial charge on any atom is -0.438 e. The van der Waals surface area contributed by atoms with Gasteiger partial charge in [-0.3, -0.25) is 4.99 Å². The summed E-state index contributed by atoms with van der Waals surface area (Å²) in [4.78, 5) is 6.62. The van der Waals surface area contributed by atoms with Gasteiger partial charge in [0, 0.05) is 24.2 Å². The number of para-hydroxylation sites is 1. The molecule has 0 saturated heterocycles. The van der Waals surface area contributed by atoms with Crippen LogP contribution >= 0.6 is 0 Å². The van der Waals surface area contributed by atoms with Crippen molar-refractivity contribution in [3.8, 4) is 5.75 Å². The zero-order valence-corrected chi connectivity index (χ0v) is 13.5. The fraction of sp³-hybridized carbons (Fsp3) is 0.0952. The molecule has 0 amide bonds. The Hall–Kier alpha value is -3.07. The third kappa shape index (κ3) is 2.54. The number of ether oxygens (including phenoxy) is 1. The van der Waals surface area contributed by atoms with Crippen LogP contribution in [0.25, 0.3) is 10.8 Å². The zero-order valence-electron chi connectivity index (χ0n) is 13.5. The highest BCUT2D eigenvalue weighted by atomic mass is 16.5. The largest absolute Gasteiger partial charge is 0.438 e. The van der Waals surface area contributed by atoms with Gasteiger partial charge in [-0.15, -0.1) is 0 Å². The molecule has 0 bridgehead atoms. The fourth-order valence-electron chi connectivity index (χ4n) is 2.98. The molecule has 0 aromatic heterocycles. The summed E-state index contributed by atoms with van der Waals surface area (Å²) in [6.07, 6.45) is 3.71. The van der Waals surface area contributed by atoms with Crippen molar-refractivity contribution in [2.75, 3.05) is 11.4 Å². The Morgan fingerprint density at radius 1 is 0.958 bits per heavy atom. The molecule has 0 unspecified atom stereocenters. The van der Waals surface area contributed by atoms with E-state index in [0.717, 1.165) is 34.9 Å². The Balaban J connectivity index is 1.69. The summed E-state index contributed by atoms with van der Waals surface area (Å²) in [5.41, 5.74) is 2.04. The standard InChI is InChI=1S/C21H18N2O/c1-2-23-19-13-12-16-8-6-7-11-18(16)21(19)24-20(23)14-15-22-17-9-4-3-5-10-17/h3-15H,2H2,1H3. The zero-order chi connectivity index (χ0) is 16.4. The molecule has 3 aromatic rings. The van der Waals surface area contributed by atoms with Crippen LogP contribution in [0, 0.1) is 0 Å². The molecule has 118 valence electrons. The number of nitrogens with zero attached hydrogens (tertiary/aromatic N) is 2. The second-order valence-electron chi connectivity index (χ2n) is 5.60. The van der Waals surface area contributed by atoms with Crippen LogP contribution in [0.15, 0.2) is 83.7 Å². The van der Waals surface area contributed by atoms with Gasteiger partial charge in [0.2, 0.25) is 5.88 Å². The van der Waals surface area contributed by atoms with E-state index in [1.165, 1.54) is 5.39 Å². The van der Waals surface area contributed by atoms with Crippen LogP contribution in [0.1, 0.15) is 6.92 Å². The fourth-order valence-corrected chi connectivity index (χ4v) is 2.98. The summed E-state index contributed by atoms with van der Waals surface area (Å²) in [6.45, 7) is 2.96. The Labute approximate surface area is 141 Å². The van der Waals surface area contributed by atoms with Crippen molar-refractivity contribution in [2.45, 2.75) is 6.92 Å². The number of benzene rings is 3. The van der Waals surface area contributed by atoms with Crippen LogP contribution in [0.5, 0.6) is 5.75 Å². The van der Waals surface area contributed by atoms with Crippen molar-refractivity contribution in [3.05, 3.63) is 78.7 Å². The van der Waals surface area contributed by atoms with Gasteiger partial charge in [0.15, 0.2) is 5.75 Å². The van der Waals surface area contributed by atoms with Crippen LogP contribution in [-0.2, 0) is 0 Å². The molecule has 3 heteroatoms. The molecular weight excluding hydrogens is 296 g/mol. The van der Waals surface area contributed by atoms with Gasteiger partial charge in [-0.25, -0.2) is 0 Å². The first-order valence-corrected chi connectivity index (χ1v) is 8.13. The molecule has 3 aromatic carbocycles. The highest BCUT2D eigenvalue weighted by Gasteiger charge is 2.26. The molecule has 3 nitrogen and oxygen atoms in total. The smallest absolute Gasteiger partial charge is 0.202 e. The number of aliphatic imine (C=N–C) groups is 1. The van der Waals surface area contributed by atoms with E-state index in [9.17, 15) is 0 Å². The lowest BCUT2D eigenvalue weighted by atomic mass is 10.1. The van der Waals surface area contributed by atoms with Crippen LogP contribution in [0.2, 0.25) is 0 Å². The molecular formula is C21H18N2O. The lowest BCUT2D eigenvalue weighted by Crippen LogP contribution is -2.19. The maximum absolute atomic E-state index is 6.16. The Morgan fingerprint density at radius 2 is 1.75 bits per heavy atom. The number of allylic oxidation sites excluding steroid dienone is 1. The molecule has 0 fully saturated rings. The summed E-state index contributed by atoms with van der Waals surface area (Å²) in [5.74, 6) is 1.73. The van der Waals surface area contributed by atoms with E-state index in [4.69, 9.17) is 4.74 Å². The summed E-state index contributed by atoms with van der Waals surface area (Å²) in [6, 6.07) is 22.4. The first-order chi connectivity index (χ1) is 11.9. The molecule has 0 N–H and O–H groups in total. The van der Waals surface area contributed by atoms with Gasteiger partial charge in [-0.05, 0) is 30.5 Å². The molecule has 0 saturated carbocycles. The van der Waals surface area contributed by atoms with Crippen molar-refractivity contribution >= 4 is 28.4 Å². The van der Waals surface area contributed by atoms with Gasteiger partial charge in [-0.2, -0.15) is 0 Å². The first-order valence-electron chi connectivity index (χ1n) is 8.13. The predicted octanol–water partition coefficient (Wildman–Crippen LogP) is 5.30. The highest BCUT2D eigenvalue weighted by Crippen LogP contribution is 2.43. The van der Waals surface area contributed by atoms with Crippen molar-refractivity contribution in [1.82, 2.24) is 0 Å². The van der Waals surface area contributed by atoms with Gasteiger partial charge in [-0.1, -0.05) is 48.5 Å². The topological polar surface area (TPSA) is 24.8 Å². The summed E-state index contributed by atoms with van der Waals surface area (Å²) < 4.78 is 6.16. The SMILES string of the molecule is CCN1C(=CC=Nc2ccccc2)Oc2c1ccc1ccccc21. The monoisotopic (exact) mass is 314 g/mol. The second kappa shape index (κ2) is 6.20. The molecule has 1 aliphatic heterocycles. The van der Waals surface area contributed by atoms with E-state index in [-0.39, 0.29) is 0 Å². The molecule has 0 radical (unpaired) electrons. The van der Waals surface area contributed by atoms with Crippen molar-refractivity contribution in [3.63, 3.8) is 0 Å². The summed E-state index contributed by atoms with van der Waals surface area (Å²) >= 11 is 0. The van der Waals surface area contributed by atoms with Crippen molar-refractivity contribution in [1.29, 1.82) is 0 Å². The average molecular weight is 314 g/mol. The molecule has 0 aliphatic carbocycles. The molecule has 24 heavy (non-hydrogen) atoms. The molecule has 1 aliphatic rings. The van der Waals surface area contributed by atoms with E-state index in [1.54, 1.807) is 6.21 Å². The van der Waals surface area contributed by atoms with Crippen molar-refractivity contribution in [2.24, 2.45) is 4.99 Å². The van der Waals surface area contributed by atoms with Crippen LogP contribution in [0.3, 0.4) is 0 Å². The van der Waals surface area contributed by atoms with Gasteiger partial charge in [0.1, 0.15) is 0 Å². The molecule has 4 rings (SSSR count). The highest BCUT2D eigenvalue weighted by molar-refractivity contribution is 5.96. The van der Waals surface area contributed by atoms with Crippen LogP contribution < -0.4 is 9.64 Å². The van der Waals surface area contributed by atoms with Gasteiger partial charge >= 0.3 is 0 Å². The van der Waals surface area contributed by atoms with Gasteiger partial charge in [0.25, 0.3) is 0 Å². The minimum absolute atomic E-state index is 0.809. The quantitative estimate of drug-likeness (QED) is 0.613. The first kappa shape index (κ1) is 14.5. The number of fused-ring (bicyclic) bond motifs is 3. The number of hydrogen-bond donors (Lipinski definition) is 0. The third-order valence-corrected chi connectivity index (χ3v) is 4.14. The van der Waals surface area contributed by atoms with Crippen molar-refractivity contribution < 1.29 is 4.74 Å². The van der Waals surface area contributed by atoms with E-state index >= 15 is 0 Å². The molecule has 0 spiro atoms. The number of anilines is 1. The Kier molecular flexibility index (Phi) is 3.75. The van der Waals surface area contributed by atoms with Crippen LogP contribution in [-0.4, -0.2) is 12.8 Å². The summed E-state index contributed by atoms with van der Waals surface area (Å²) in [7, 11) is 0. The third-order valence-electron chi connectivity index (χ3n) is 4.14. The Bertz CT molecular complexity index is 929. The van der Waals surface area contributed by atoms with Crippen LogP contribution in [0.4, 0.5) is 11.4 Å². The maximum Gasteiger partial charge on any atom is 0.202 e. The second-order valence-corrected chi connectivity index (χ2v) is 5.60. The lowest BCUT2D eigenvalue weighted by molar-refractivity contribution is 0.445. The minimum atomic E-state index is 0.809. The van der Waals surface area contributed by atoms with Gasteiger partial charge < -0.3 is 9.64 Å². The normalized spacial score (nSPS) is 15.2. The Morgan fingerprint density at radius 3 is 2.58 bits per heavy atom.